The molecule has 15 heavy (non-hydrogen) atoms. The van der Waals surface area contributed by atoms with Gasteiger partial charge in [0.2, 0.25) is 5.91 Å². The zero-order valence-corrected chi connectivity index (χ0v) is 8.48. The van der Waals surface area contributed by atoms with Crippen molar-refractivity contribution in [3.8, 4) is 0 Å². The molecule has 0 aromatic carbocycles. The van der Waals surface area contributed by atoms with Crippen LogP contribution in [0, 0.1) is 0 Å². The number of halogens is 2. The molecule has 2 rings (SSSR count). The van der Waals surface area contributed by atoms with E-state index in [-0.39, 0.29) is 0 Å². The van der Waals surface area contributed by atoms with Crippen LogP contribution in [0.15, 0.2) is 11.6 Å². The van der Waals surface area contributed by atoms with Crippen molar-refractivity contribution >= 4 is 22.4 Å². The molecule has 1 amide bonds. The van der Waals surface area contributed by atoms with E-state index in [4.69, 9.17) is 0 Å². The average molecular weight is 233 g/mol. The van der Waals surface area contributed by atoms with Crippen molar-refractivity contribution in [2.24, 2.45) is 0 Å². The van der Waals surface area contributed by atoms with Crippen LogP contribution in [0.25, 0.3) is 0 Å². The van der Waals surface area contributed by atoms with Crippen LogP contribution in [0.2, 0.25) is 0 Å². The Bertz CT molecular complexity index is 355. The molecule has 0 saturated carbocycles. The molecule has 0 bridgehead atoms. The highest BCUT2D eigenvalue weighted by atomic mass is 32.1. The van der Waals surface area contributed by atoms with E-state index in [0.717, 1.165) is 0 Å². The SMILES string of the molecule is O=C(Nc1nccs1)[C@@H]1CC(F)(F)CN1. The van der Waals surface area contributed by atoms with E-state index >= 15 is 0 Å². The van der Waals surface area contributed by atoms with Crippen LogP contribution in [0.4, 0.5) is 13.9 Å². The van der Waals surface area contributed by atoms with Crippen LogP contribution < -0.4 is 10.6 Å². The smallest absolute Gasteiger partial charge is 0.262 e. The standard InChI is InChI=1S/C8H9F2N3OS/c9-8(10)3-5(12-4-8)6(14)13-7-11-1-2-15-7/h1-2,5,12H,3-4H2,(H,11,13,14)/t5-/m0/s1. The summed E-state index contributed by atoms with van der Waals surface area (Å²) < 4.78 is 25.6. The second-order valence-electron chi connectivity index (χ2n) is 3.32. The minimum atomic E-state index is -2.79. The molecule has 0 radical (unpaired) electrons. The Balaban J connectivity index is 1.93. The van der Waals surface area contributed by atoms with Gasteiger partial charge in [0.1, 0.15) is 0 Å². The lowest BCUT2D eigenvalue weighted by molar-refractivity contribution is -0.118. The molecule has 2 heterocycles. The molecule has 4 nitrogen and oxygen atoms in total. The van der Waals surface area contributed by atoms with E-state index in [1.165, 1.54) is 17.5 Å². The molecule has 7 heteroatoms. The van der Waals surface area contributed by atoms with Crippen molar-refractivity contribution in [2.75, 3.05) is 11.9 Å². The van der Waals surface area contributed by atoms with Crippen molar-refractivity contribution in [3.05, 3.63) is 11.6 Å². The molecule has 1 aromatic heterocycles. The summed E-state index contributed by atoms with van der Waals surface area (Å²) in [5.41, 5.74) is 0. The molecule has 82 valence electrons. The van der Waals surface area contributed by atoms with Crippen molar-refractivity contribution in [1.82, 2.24) is 10.3 Å². The lowest BCUT2D eigenvalue weighted by atomic mass is 10.2. The van der Waals surface area contributed by atoms with Crippen molar-refractivity contribution in [2.45, 2.75) is 18.4 Å². The average Bonchev–Trinajstić information content (AvgIpc) is 2.74. The zero-order chi connectivity index (χ0) is 10.9. The number of anilines is 1. The van der Waals surface area contributed by atoms with E-state index in [2.05, 4.69) is 15.6 Å². The molecule has 1 saturated heterocycles. The van der Waals surface area contributed by atoms with Crippen molar-refractivity contribution in [3.63, 3.8) is 0 Å². The first-order valence-electron chi connectivity index (χ1n) is 4.38. The first-order chi connectivity index (χ1) is 7.07. The predicted octanol–water partition coefficient (Wildman–Crippen LogP) is 1.08. The maximum Gasteiger partial charge on any atom is 0.262 e. The normalized spacial score (nSPS) is 24.0. The number of hydrogen-bond donors (Lipinski definition) is 2. The van der Waals surface area contributed by atoms with Gasteiger partial charge < -0.3 is 5.32 Å². The molecule has 0 spiro atoms. The van der Waals surface area contributed by atoms with E-state index in [0.29, 0.717) is 5.13 Å². The minimum Gasteiger partial charge on any atom is -0.301 e. The van der Waals surface area contributed by atoms with Gasteiger partial charge in [0.05, 0.1) is 12.6 Å². The molecule has 0 unspecified atom stereocenters. The Morgan fingerprint density at radius 1 is 1.73 bits per heavy atom. The van der Waals surface area contributed by atoms with Crippen molar-refractivity contribution < 1.29 is 13.6 Å². The number of rotatable bonds is 2. The fourth-order valence-electron chi connectivity index (χ4n) is 1.38. The van der Waals surface area contributed by atoms with Gasteiger partial charge in [-0.3, -0.25) is 10.1 Å². The lowest BCUT2D eigenvalue weighted by Gasteiger charge is -2.08. The van der Waals surface area contributed by atoms with Gasteiger partial charge in [-0.2, -0.15) is 0 Å². The molecule has 1 fully saturated rings. The molecule has 1 aromatic rings. The third-order valence-corrected chi connectivity index (χ3v) is 2.78. The molecule has 1 atom stereocenters. The monoisotopic (exact) mass is 233 g/mol. The zero-order valence-electron chi connectivity index (χ0n) is 7.67. The number of nitrogens with zero attached hydrogens (tertiary/aromatic N) is 1. The summed E-state index contributed by atoms with van der Waals surface area (Å²) >= 11 is 1.25. The number of amides is 1. The number of carbonyl (C=O) groups excluding carboxylic acids is 1. The fraction of sp³-hybridized carbons (Fsp3) is 0.500. The second-order valence-corrected chi connectivity index (χ2v) is 4.21. The van der Waals surface area contributed by atoms with Gasteiger partial charge in [0.25, 0.3) is 5.92 Å². The number of alkyl halides is 2. The first kappa shape index (κ1) is 10.4. The highest BCUT2D eigenvalue weighted by molar-refractivity contribution is 7.13. The Morgan fingerprint density at radius 3 is 3.07 bits per heavy atom. The van der Waals surface area contributed by atoms with Crippen LogP contribution in [-0.4, -0.2) is 29.4 Å². The third kappa shape index (κ3) is 2.48. The van der Waals surface area contributed by atoms with Crippen LogP contribution in [0.5, 0.6) is 0 Å². The summed E-state index contributed by atoms with van der Waals surface area (Å²) in [5.74, 6) is -3.24. The molecule has 0 aliphatic carbocycles. The Kier molecular flexibility index (Phi) is 2.66. The van der Waals surface area contributed by atoms with Gasteiger partial charge in [0, 0.05) is 18.0 Å². The summed E-state index contributed by atoms with van der Waals surface area (Å²) in [5, 5.41) is 7.08. The molecular formula is C8H9F2N3OS. The third-order valence-electron chi connectivity index (χ3n) is 2.09. The minimum absolute atomic E-state index is 0.428. The van der Waals surface area contributed by atoms with Crippen LogP contribution >= 0.6 is 11.3 Å². The fourth-order valence-corrected chi connectivity index (χ4v) is 1.91. The number of nitrogens with one attached hydrogen (secondary N) is 2. The van der Waals surface area contributed by atoms with Crippen LogP contribution in [0.3, 0.4) is 0 Å². The Labute approximate surface area is 88.7 Å². The predicted molar refractivity (Wildman–Crippen MR) is 52.1 cm³/mol. The first-order valence-corrected chi connectivity index (χ1v) is 5.26. The lowest BCUT2D eigenvalue weighted by Crippen LogP contribution is -2.35. The highest BCUT2D eigenvalue weighted by Crippen LogP contribution is 2.25. The van der Waals surface area contributed by atoms with Crippen LogP contribution in [-0.2, 0) is 4.79 Å². The topological polar surface area (TPSA) is 54.0 Å². The van der Waals surface area contributed by atoms with Crippen LogP contribution in [0.1, 0.15) is 6.42 Å². The summed E-state index contributed by atoms with van der Waals surface area (Å²) in [6.45, 7) is -0.442. The Morgan fingerprint density at radius 2 is 2.53 bits per heavy atom. The largest absolute Gasteiger partial charge is 0.301 e. The number of carbonyl (C=O) groups is 1. The molecule has 2 N–H and O–H groups in total. The Hall–Kier alpha value is -1.08. The number of hydrogen-bond acceptors (Lipinski definition) is 4. The maximum atomic E-state index is 12.8. The molecular weight excluding hydrogens is 224 g/mol. The maximum absolute atomic E-state index is 12.8. The van der Waals surface area contributed by atoms with Gasteiger partial charge in [-0.05, 0) is 0 Å². The van der Waals surface area contributed by atoms with Crippen molar-refractivity contribution in [1.29, 1.82) is 0 Å². The highest BCUT2D eigenvalue weighted by Gasteiger charge is 2.42. The van der Waals surface area contributed by atoms with Gasteiger partial charge in [-0.25, -0.2) is 13.8 Å². The van der Waals surface area contributed by atoms with E-state index < -0.39 is 30.8 Å². The van der Waals surface area contributed by atoms with E-state index in [1.54, 1.807) is 5.38 Å². The van der Waals surface area contributed by atoms with E-state index in [9.17, 15) is 13.6 Å². The number of thiazole rings is 1. The van der Waals surface area contributed by atoms with E-state index in [1.807, 2.05) is 0 Å². The second kappa shape index (κ2) is 3.82. The summed E-state index contributed by atoms with van der Waals surface area (Å²) in [6.07, 6.45) is 1.08. The number of aromatic nitrogens is 1. The summed E-state index contributed by atoms with van der Waals surface area (Å²) in [7, 11) is 0. The van der Waals surface area contributed by atoms with Gasteiger partial charge in [-0.1, -0.05) is 0 Å². The summed E-state index contributed by atoms with van der Waals surface area (Å²) in [6, 6.07) is -0.830. The molecule has 1 aliphatic rings. The molecule has 1 aliphatic heterocycles. The van der Waals surface area contributed by atoms with Gasteiger partial charge in [0.15, 0.2) is 5.13 Å². The summed E-state index contributed by atoms with van der Waals surface area (Å²) in [4.78, 5) is 15.3. The quantitative estimate of drug-likeness (QED) is 0.803. The van der Waals surface area contributed by atoms with Gasteiger partial charge in [-0.15, -0.1) is 11.3 Å². The van der Waals surface area contributed by atoms with Gasteiger partial charge >= 0.3 is 0 Å².